The Kier molecular flexibility index (Phi) is 4.13. The van der Waals surface area contributed by atoms with Crippen LogP contribution in [0.4, 0.5) is 0 Å². The standard InChI is InChI=1S/C24H19N3O2/c1-28-21-10-9-17(14-22(21)29-2)20-15-27(24-19(20)8-5-12-25-24)23-18-7-4-3-6-16(18)11-13-26-23/h3-15H,1-2H3. The highest BCUT2D eigenvalue weighted by molar-refractivity contribution is 5.97. The summed E-state index contributed by atoms with van der Waals surface area (Å²) in [6, 6.07) is 20.2. The van der Waals surface area contributed by atoms with E-state index in [-0.39, 0.29) is 0 Å². The van der Waals surface area contributed by atoms with Crippen molar-refractivity contribution in [2.24, 2.45) is 0 Å². The second-order valence-corrected chi connectivity index (χ2v) is 6.71. The number of rotatable bonds is 4. The van der Waals surface area contributed by atoms with Gasteiger partial charge in [-0.1, -0.05) is 30.3 Å². The minimum absolute atomic E-state index is 0.693. The quantitative estimate of drug-likeness (QED) is 0.426. The van der Waals surface area contributed by atoms with Crippen LogP contribution in [0.3, 0.4) is 0 Å². The molecule has 3 heterocycles. The molecule has 0 aliphatic heterocycles. The molecular weight excluding hydrogens is 362 g/mol. The smallest absolute Gasteiger partial charge is 0.161 e. The highest BCUT2D eigenvalue weighted by atomic mass is 16.5. The number of hydrogen-bond donors (Lipinski definition) is 0. The van der Waals surface area contributed by atoms with Crippen molar-refractivity contribution in [3.05, 3.63) is 79.3 Å². The van der Waals surface area contributed by atoms with Crippen LogP contribution >= 0.6 is 0 Å². The molecule has 0 radical (unpaired) electrons. The van der Waals surface area contributed by atoms with Crippen molar-refractivity contribution in [3.63, 3.8) is 0 Å². The maximum absolute atomic E-state index is 5.50. The van der Waals surface area contributed by atoms with Gasteiger partial charge in [0.1, 0.15) is 11.5 Å². The number of nitrogens with zero attached hydrogens (tertiary/aromatic N) is 3. The summed E-state index contributed by atoms with van der Waals surface area (Å²) in [6.07, 6.45) is 5.73. The van der Waals surface area contributed by atoms with Gasteiger partial charge in [0.2, 0.25) is 0 Å². The Labute approximate surface area is 168 Å². The highest BCUT2D eigenvalue weighted by Crippen LogP contribution is 2.37. The van der Waals surface area contributed by atoms with E-state index < -0.39 is 0 Å². The molecule has 0 unspecified atom stereocenters. The Bertz CT molecular complexity index is 1340. The molecule has 5 heteroatoms. The van der Waals surface area contributed by atoms with Gasteiger partial charge in [0, 0.05) is 34.9 Å². The highest BCUT2D eigenvalue weighted by Gasteiger charge is 2.16. The predicted octanol–water partition coefficient (Wildman–Crippen LogP) is 5.26. The zero-order valence-electron chi connectivity index (χ0n) is 16.2. The molecular formula is C24H19N3O2. The number of hydrogen-bond acceptors (Lipinski definition) is 4. The van der Waals surface area contributed by atoms with Crippen LogP contribution in [-0.2, 0) is 0 Å². The third-order valence-corrected chi connectivity index (χ3v) is 5.14. The molecule has 5 aromatic rings. The van der Waals surface area contributed by atoms with Crippen LogP contribution in [0.2, 0.25) is 0 Å². The molecule has 2 aromatic carbocycles. The number of methoxy groups -OCH3 is 2. The Morgan fingerprint density at radius 2 is 1.59 bits per heavy atom. The van der Waals surface area contributed by atoms with Crippen molar-refractivity contribution in [2.75, 3.05) is 14.2 Å². The molecule has 0 atom stereocenters. The molecule has 0 aliphatic rings. The molecule has 0 fully saturated rings. The van der Waals surface area contributed by atoms with Gasteiger partial charge in [0.05, 0.1) is 14.2 Å². The van der Waals surface area contributed by atoms with Crippen LogP contribution in [0.1, 0.15) is 0 Å². The third kappa shape index (κ3) is 2.79. The fourth-order valence-electron chi connectivity index (χ4n) is 3.75. The lowest BCUT2D eigenvalue weighted by atomic mass is 10.1. The summed E-state index contributed by atoms with van der Waals surface area (Å²) >= 11 is 0. The van der Waals surface area contributed by atoms with Gasteiger partial charge < -0.3 is 9.47 Å². The average Bonchev–Trinajstić information content (AvgIpc) is 3.17. The molecule has 142 valence electrons. The van der Waals surface area contributed by atoms with Gasteiger partial charge in [0.25, 0.3) is 0 Å². The van der Waals surface area contributed by atoms with Crippen molar-refractivity contribution >= 4 is 21.8 Å². The van der Waals surface area contributed by atoms with E-state index in [0.29, 0.717) is 11.5 Å². The second-order valence-electron chi connectivity index (χ2n) is 6.71. The van der Waals surface area contributed by atoms with Gasteiger partial charge in [-0.2, -0.15) is 0 Å². The van der Waals surface area contributed by atoms with E-state index in [0.717, 1.165) is 38.8 Å². The van der Waals surface area contributed by atoms with Crippen molar-refractivity contribution in [1.82, 2.24) is 14.5 Å². The van der Waals surface area contributed by atoms with E-state index in [1.54, 1.807) is 14.2 Å². The summed E-state index contributed by atoms with van der Waals surface area (Å²) in [5, 5.41) is 3.27. The SMILES string of the molecule is COc1ccc(-c2cn(-c3nccc4ccccc34)c3ncccc23)cc1OC. The van der Waals surface area contributed by atoms with E-state index in [4.69, 9.17) is 9.47 Å². The van der Waals surface area contributed by atoms with Gasteiger partial charge in [-0.15, -0.1) is 0 Å². The van der Waals surface area contributed by atoms with E-state index in [9.17, 15) is 0 Å². The first-order chi connectivity index (χ1) is 14.3. The van der Waals surface area contributed by atoms with Gasteiger partial charge in [-0.3, -0.25) is 4.57 Å². The molecule has 0 spiro atoms. The van der Waals surface area contributed by atoms with Crippen molar-refractivity contribution in [2.45, 2.75) is 0 Å². The minimum atomic E-state index is 0.693. The number of fused-ring (bicyclic) bond motifs is 2. The summed E-state index contributed by atoms with van der Waals surface area (Å²) in [5.74, 6) is 2.26. The van der Waals surface area contributed by atoms with Crippen LogP contribution in [0.15, 0.2) is 79.3 Å². The fourth-order valence-corrected chi connectivity index (χ4v) is 3.75. The lowest BCUT2D eigenvalue weighted by Crippen LogP contribution is -1.97. The molecule has 0 aliphatic carbocycles. The summed E-state index contributed by atoms with van der Waals surface area (Å²) in [7, 11) is 3.28. The Hall–Kier alpha value is -3.86. The lowest BCUT2D eigenvalue weighted by Gasteiger charge is -2.09. The average molecular weight is 381 g/mol. The summed E-state index contributed by atoms with van der Waals surface area (Å²) < 4.78 is 12.9. The van der Waals surface area contributed by atoms with E-state index in [1.165, 1.54) is 0 Å². The lowest BCUT2D eigenvalue weighted by molar-refractivity contribution is 0.355. The van der Waals surface area contributed by atoms with Crippen molar-refractivity contribution < 1.29 is 9.47 Å². The molecule has 29 heavy (non-hydrogen) atoms. The van der Waals surface area contributed by atoms with Gasteiger partial charge >= 0.3 is 0 Å². The first-order valence-electron chi connectivity index (χ1n) is 9.33. The van der Waals surface area contributed by atoms with Crippen LogP contribution < -0.4 is 9.47 Å². The van der Waals surface area contributed by atoms with Crippen molar-refractivity contribution in [3.8, 4) is 28.4 Å². The topological polar surface area (TPSA) is 49.2 Å². The molecule has 0 N–H and O–H groups in total. The molecule has 0 amide bonds. The van der Waals surface area contributed by atoms with Crippen LogP contribution in [0.5, 0.6) is 11.5 Å². The number of benzene rings is 2. The van der Waals surface area contributed by atoms with E-state index in [2.05, 4.69) is 38.9 Å². The Balaban J connectivity index is 1.78. The first kappa shape index (κ1) is 17.3. The molecule has 0 saturated heterocycles. The molecule has 0 bridgehead atoms. The van der Waals surface area contributed by atoms with E-state index >= 15 is 0 Å². The second kappa shape index (κ2) is 6.95. The normalized spacial score (nSPS) is 11.1. The third-order valence-electron chi connectivity index (χ3n) is 5.14. The van der Waals surface area contributed by atoms with E-state index in [1.807, 2.05) is 54.9 Å². The number of aromatic nitrogens is 3. The fraction of sp³-hybridized carbons (Fsp3) is 0.0833. The van der Waals surface area contributed by atoms with Crippen LogP contribution in [0.25, 0.3) is 38.8 Å². The molecule has 5 rings (SSSR count). The van der Waals surface area contributed by atoms with Crippen LogP contribution in [0, 0.1) is 0 Å². The van der Waals surface area contributed by atoms with Gasteiger partial charge in [-0.25, -0.2) is 9.97 Å². The monoisotopic (exact) mass is 381 g/mol. The van der Waals surface area contributed by atoms with Gasteiger partial charge in [0.15, 0.2) is 11.5 Å². The summed E-state index contributed by atoms with van der Waals surface area (Å²) in [5.41, 5.74) is 2.95. The molecule has 0 saturated carbocycles. The predicted molar refractivity (Wildman–Crippen MR) is 115 cm³/mol. The maximum atomic E-state index is 5.50. The molecule has 5 nitrogen and oxygen atoms in total. The Morgan fingerprint density at radius 3 is 2.45 bits per heavy atom. The van der Waals surface area contributed by atoms with Crippen LogP contribution in [-0.4, -0.2) is 28.8 Å². The zero-order valence-corrected chi connectivity index (χ0v) is 16.2. The first-order valence-corrected chi connectivity index (χ1v) is 9.33. The summed E-state index contributed by atoms with van der Waals surface area (Å²) in [6.45, 7) is 0. The molecule has 3 aromatic heterocycles. The summed E-state index contributed by atoms with van der Waals surface area (Å²) in [4.78, 5) is 9.33. The Morgan fingerprint density at radius 1 is 0.759 bits per heavy atom. The van der Waals surface area contributed by atoms with Crippen molar-refractivity contribution in [1.29, 1.82) is 0 Å². The minimum Gasteiger partial charge on any atom is -0.493 e. The maximum Gasteiger partial charge on any atom is 0.161 e. The number of ether oxygens (including phenoxy) is 2. The van der Waals surface area contributed by atoms with Gasteiger partial charge in [-0.05, 0) is 41.3 Å². The zero-order chi connectivity index (χ0) is 19.8. The number of pyridine rings is 2. The largest absolute Gasteiger partial charge is 0.493 e.